The van der Waals surface area contributed by atoms with E-state index in [1.54, 1.807) is 12.3 Å². The first kappa shape index (κ1) is 13.4. The van der Waals surface area contributed by atoms with E-state index in [-0.39, 0.29) is 5.84 Å². The zero-order valence-corrected chi connectivity index (χ0v) is 10.8. The van der Waals surface area contributed by atoms with Gasteiger partial charge in [-0.15, -0.1) is 11.8 Å². The van der Waals surface area contributed by atoms with Crippen molar-refractivity contribution in [3.63, 3.8) is 0 Å². The van der Waals surface area contributed by atoms with Crippen LogP contribution in [0.3, 0.4) is 0 Å². The van der Waals surface area contributed by atoms with Crippen molar-refractivity contribution in [1.29, 1.82) is 0 Å². The molecule has 6 heteroatoms. The van der Waals surface area contributed by atoms with Crippen molar-refractivity contribution in [2.24, 2.45) is 10.9 Å². The standard InChI is InChI=1S/C13H12FN3OS/c14-10-5-4-9(11(7-10)13(15)17-18)8-19-12-3-1-2-6-16-12/h1-7,18H,8H2,(H2,15,17). The lowest BCUT2D eigenvalue weighted by Gasteiger charge is -2.08. The van der Waals surface area contributed by atoms with Crippen LogP contribution in [0, 0.1) is 5.82 Å². The second-order valence-corrected chi connectivity index (χ2v) is 4.74. The Morgan fingerprint density at radius 3 is 2.89 bits per heavy atom. The van der Waals surface area contributed by atoms with E-state index >= 15 is 0 Å². The SMILES string of the molecule is NC(=NO)c1cc(F)ccc1CSc1ccccn1. The molecule has 1 aromatic carbocycles. The molecule has 2 aromatic rings. The van der Waals surface area contributed by atoms with Crippen LogP contribution in [-0.2, 0) is 5.75 Å². The summed E-state index contributed by atoms with van der Waals surface area (Å²) in [5, 5.41) is 12.5. The van der Waals surface area contributed by atoms with E-state index in [1.807, 2.05) is 18.2 Å². The van der Waals surface area contributed by atoms with Crippen LogP contribution in [-0.4, -0.2) is 16.0 Å². The van der Waals surface area contributed by atoms with Gasteiger partial charge in [0.2, 0.25) is 0 Å². The zero-order chi connectivity index (χ0) is 13.7. The molecule has 0 atom stereocenters. The molecule has 19 heavy (non-hydrogen) atoms. The molecule has 2 rings (SSSR count). The van der Waals surface area contributed by atoms with E-state index in [1.165, 1.54) is 23.9 Å². The maximum absolute atomic E-state index is 13.2. The third-order valence-corrected chi connectivity index (χ3v) is 3.46. The van der Waals surface area contributed by atoms with E-state index in [4.69, 9.17) is 10.9 Å². The molecule has 0 spiro atoms. The quantitative estimate of drug-likeness (QED) is 0.296. The highest BCUT2D eigenvalue weighted by atomic mass is 32.2. The van der Waals surface area contributed by atoms with Crippen molar-refractivity contribution in [2.45, 2.75) is 10.8 Å². The second kappa shape index (κ2) is 6.19. The number of nitrogens with zero attached hydrogens (tertiary/aromatic N) is 2. The molecule has 0 bridgehead atoms. The number of nitrogens with two attached hydrogens (primary N) is 1. The fourth-order valence-corrected chi connectivity index (χ4v) is 2.42. The molecular weight excluding hydrogens is 265 g/mol. The highest BCUT2D eigenvalue weighted by Gasteiger charge is 2.09. The molecule has 0 radical (unpaired) electrons. The summed E-state index contributed by atoms with van der Waals surface area (Å²) in [5.74, 6) is 0.0346. The lowest BCUT2D eigenvalue weighted by Crippen LogP contribution is -2.15. The number of thioether (sulfide) groups is 1. The lowest BCUT2D eigenvalue weighted by atomic mass is 10.1. The van der Waals surface area contributed by atoms with Gasteiger partial charge in [-0.3, -0.25) is 0 Å². The summed E-state index contributed by atoms with van der Waals surface area (Å²) in [6.07, 6.45) is 1.71. The van der Waals surface area contributed by atoms with Crippen LogP contribution in [0.2, 0.25) is 0 Å². The van der Waals surface area contributed by atoms with Gasteiger partial charge in [-0.2, -0.15) is 0 Å². The monoisotopic (exact) mass is 277 g/mol. The summed E-state index contributed by atoms with van der Waals surface area (Å²) < 4.78 is 13.2. The largest absolute Gasteiger partial charge is 0.409 e. The van der Waals surface area contributed by atoms with Gasteiger partial charge in [0.25, 0.3) is 0 Å². The fourth-order valence-electron chi connectivity index (χ4n) is 1.55. The number of benzene rings is 1. The molecule has 0 aliphatic heterocycles. The van der Waals surface area contributed by atoms with Gasteiger partial charge in [0.15, 0.2) is 5.84 Å². The van der Waals surface area contributed by atoms with Gasteiger partial charge < -0.3 is 10.9 Å². The summed E-state index contributed by atoms with van der Waals surface area (Å²) in [6, 6.07) is 9.84. The average molecular weight is 277 g/mol. The Morgan fingerprint density at radius 2 is 2.21 bits per heavy atom. The van der Waals surface area contributed by atoms with Crippen LogP contribution in [0.15, 0.2) is 52.8 Å². The third-order valence-electron chi connectivity index (χ3n) is 2.47. The van der Waals surface area contributed by atoms with Gasteiger partial charge in [-0.25, -0.2) is 9.37 Å². The van der Waals surface area contributed by atoms with Crippen molar-refractivity contribution in [1.82, 2.24) is 4.98 Å². The molecule has 0 unspecified atom stereocenters. The normalized spacial score (nSPS) is 11.5. The van der Waals surface area contributed by atoms with Crippen molar-refractivity contribution in [2.75, 3.05) is 0 Å². The highest BCUT2D eigenvalue weighted by Crippen LogP contribution is 2.23. The Kier molecular flexibility index (Phi) is 4.35. The zero-order valence-electron chi connectivity index (χ0n) is 9.95. The number of oxime groups is 1. The number of aromatic nitrogens is 1. The Morgan fingerprint density at radius 1 is 1.37 bits per heavy atom. The molecule has 0 fully saturated rings. The average Bonchev–Trinajstić information content (AvgIpc) is 2.46. The first-order chi connectivity index (χ1) is 9.20. The first-order valence-corrected chi connectivity index (χ1v) is 6.49. The van der Waals surface area contributed by atoms with Crippen LogP contribution < -0.4 is 5.73 Å². The van der Waals surface area contributed by atoms with Gasteiger partial charge in [-0.1, -0.05) is 17.3 Å². The molecule has 4 nitrogen and oxygen atoms in total. The molecule has 1 aromatic heterocycles. The molecular formula is C13H12FN3OS. The Hall–Kier alpha value is -2.08. The van der Waals surface area contributed by atoms with Crippen molar-refractivity contribution in [3.8, 4) is 0 Å². The molecule has 0 amide bonds. The molecule has 0 saturated carbocycles. The van der Waals surface area contributed by atoms with Crippen molar-refractivity contribution in [3.05, 3.63) is 59.5 Å². The van der Waals surface area contributed by atoms with E-state index in [0.29, 0.717) is 11.3 Å². The van der Waals surface area contributed by atoms with Gasteiger partial charge in [0, 0.05) is 17.5 Å². The van der Waals surface area contributed by atoms with Crippen molar-refractivity contribution >= 4 is 17.6 Å². The number of pyridine rings is 1. The van der Waals surface area contributed by atoms with Crippen LogP contribution in [0.5, 0.6) is 0 Å². The van der Waals surface area contributed by atoms with Crippen LogP contribution in [0.25, 0.3) is 0 Å². The number of amidine groups is 1. The molecule has 3 N–H and O–H groups in total. The molecule has 1 heterocycles. The highest BCUT2D eigenvalue weighted by molar-refractivity contribution is 7.98. The second-order valence-electron chi connectivity index (χ2n) is 3.74. The number of rotatable bonds is 4. The minimum absolute atomic E-state index is 0.101. The summed E-state index contributed by atoms with van der Waals surface area (Å²) in [6.45, 7) is 0. The number of hydrogen-bond donors (Lipinski definition) is 2. The topological polar surface area (TPSA) is 71.5 Å². The lowest BCUT2D eigenvalue weighted by molar-refractivity contribution is 0.318. The fraction of sp³-hybridized carbons (Fsp3) is 0.0769. The Balaban J connectivity index is 2.20. The predicted molar refractivity (Wildman–Crippen MR) is 72.7 cm³/mol. The summed E-state index contributed by atoms with van der Waals surface area (Å²) >= 11 is 1.50. The van der Waals surface area contributed by atoms with Gasteiger partial charge in [-0.05, 0) is 29.8 Å². The number of hydrogen-bond acceptors (Lipinski definition) is 4. The maximum Gasteiger partial charge on any atom is 0.170 e. The summed E-state index contributed by atoms with van der Waals surface area (Å²) in [5.41, 5.74) is 6.72. The van der Waals surface area contributed by atoms with E-state index < -0.39 is 5.82 Å². The molecule has 98 valence electrons. The Labute approximate surface area is 114 Å². The molecule has 0 aliphatic rings. The van der Waals surface area contributed by atoms with E-state index in [0.717, 1.165) is 10.6 Å². The first-order valence-electron chi connectivity index (χ1n) is 5.51. The summed E-state index contributed by atoms with van der Waals surface area (Å²) in [7, 11) is 0. The predicted octanol–water partition coefficient (Wildman–Crippen LogP) is 2.61. The van der Waals surface area contributed by atoms with Crippen LogP contribution in [0.4, 0.5) is 4.39 Å². The van der Waals surface area contributed by atoms with Crippen LogP contribution >= 0.6 is 11.8 Å². The van der Waals surface area contributed by atoms with Gasteiger partial charge >= 0.3 is 0 Å². The molecule has 0 aliphatic carbocycles. The molecule has 0 saturated heterocycles. The number of halogens is 1. The van der Waals surface area contributed by atoms with Gasteiger partial charge in [0.1, 0.15) is 5.82 Å². The van der Waals surface area contributed by atoms with Crippen molar-refractivity contribution < 1.29 is 9.60 Å². The van der Waals surface area contributed by atoms with Crippen LogP contribution in [0.1, 0.15) is 11.1 Å². The smallest absolute Gasteiger partial charge is 0.170 e. The van der Waals surface area contributed by atoms with E-state index in [2.05, 4.69) is 10.1 Å². The summed E-state index contributed by atoms with van der Waals surface area (Å²) in [4.78, 5) is 4.18. The Bertz CT molecular complexity index is 590. The minimum Gasteiger partial charge on any atom is -0.409 e. The third kappa shape index (κ3) is 3.45. The minimum atomic E-state index is -0.423. The maximum atomic E-state index is 13.2. The van der Waals surface area contributed by atoms with Gasteiger partial charge in [0.05, 0.1) is 5.03 Å². The van der Waals surface area contributed by atoms with E-state index in [9.17, 15) is 4.39 Å².